The summed E-state index contributed by atoms with van der Waals surface area (Å²) in [6.07, 6.45) is 45.2. The van der Waals surface area contributed by atoms with E-state index in [4.69, 9.17) is 24.9 Å². The van der Waals surface area contributed by atoms with Crippen molar-refractivity contribution in [3.63, 3.8) is 0 Å². The molecule has 0 aromatic heterocycles. The summed E-state index contributed by atoms with van der Waals surface area (Å²) in [7, 11) is 1.69. The van der Waals surface area contributed by atoms with Crippen molar-refractivity contribution in [1.29, 1.82) is 0 Å². The van der Waals surface area contributed by atoms with Crippen molar-refractivity contribution in [2.75, 3.05) is 57.1 Å². The smallest absolute Gasteiger partial charge is 0.290 e. The number of aliphatic hydroxyl groups excluding tert-OH is 2. The van der Waals surface area contributed by atoms with E-state index in [1.54, 1.807) is 7.05 Å². The molecule has 0 spiro atoms. The normalized spacial score (nSPS) is 10.8. The summed E-state index contributed by atoms with van der Waals surface area (Å²) in [4.78, 5) is 42.4. The number of nitrogens with one attached hydrogen (secondary N) is 2. The van der Waals surface area contributed by atoms with E-state index in [0.717, 1.165) is 51.2 Å². The molecule has 362 valence electrons. The molecule has 0 fully saturated rings. The van der Waals surface area contributed by atoms with Crippen molar-refractivity contribution >= 4 is 24.6 Å². The molecule has 0 saturated carbocycles. The summed E-state index contributed by atoms with van der Waals surface area (Å²) in [5.41, 5.74) is 0.0676. The average Bonchev–Trinajstić information content (AvgIpc) is 3.27. The highest BCUT2D eigenvalue weighted by molar-refractivity contribution is 5.73. The van der Waals surface area contributed by atoms with Gasteiger partial charge in [0.1, 0.15) is 18.2 Å². The SMILES string of the molecule is C=O.CCCCCCCCC(CCCCCCCC)CCCCCCCN(CCCCCCO)CCCNc1c(NC)c(=O)c1=O.CCCCCCCCCCCO.O=CO. The maximum atomic E-state index is 11.8. The van der Waals surface area contributed by atoms with Crippen LogP contribution in [0.3, 0.4) is 0 Å². The maximum absolute atomic E-state index is 11.8. The fourth-order valence-corrected chi connectivity index (χ4v) is 8.03. The summed E-state index contributed by atoms with van der Waals surface area (Å²) >= 11 is 0. The number of unbranched alkanes of at least 4 members (excludes halogenated alkanes) is 25. The molecule has 0 heterocycles. The standard InChI is InChI=1S/C38H73N3O3.C11H24O.CH2O2.CH2O/c1-4-6-8-10-13-19-26-34(27-20-14-11-9-7-5-2)28-21-15-12-16-22-30-41(31-23-17-18-24-33-42)32-25-29-40-36-35(39-3)37(43)38(36)44;1-2-3-4-5-6-7-8-9-10-11-12;2-1-3;1-2/h34,39-40,42H,4-33H2,1-3H3;12H,2-11H2,1H3;1H,(H,2,3);1H2. The lowest BCUT2D eigenvalue weighted by Crippen LogP contribution is -2.37. The number of hydrogen-bond acceptors (Lipinski definition) is 9. The highest BCUT2D eigenvalue weighted by atomic mass is 16.3. The predicted octanol–water partition coefficient (Wildman–Crippen LogP) is 12.5. The minimum Gasteiger partial charge on any atom is -0.483 e. The number of carboxylic acid groups (broad SMARTS) is 1. The Balaban J connectivity index is -0.00000166. The molecule has 0 amide bonds. The first-order chi connectivity index (χ1) is 29.9. The first-order valence-electron chi connectivity index (χ1n) is 25.5. The highest BCUT2D eigenvalue weighted by Crippen LogP contribution is 2.25. The van der Waals surface area contributed by atoms with Gasteiger partial charge in [-0.05, 0) is 57.7 Å². The maximum Gasteiger partial charge on any atom is 0.290 e. The Hall–Kier alpha value is -2.30. The van der Waals surface area contributed by atoms with Crippen LogP contribution in [0.5, 0.6) is 0 Å². The second-order valence-electron chi connectivity index (χ2n) is 17.1. The van der Waals surface area contributed by atoms with E-state index in [2.05, 4.69) is 36.3 Å². The average molecular weight is 868 g/mol. The molecule has 1 rings (SSSR count). The topological polar surface area (TPSA) is 156 Å². The van der Waals surface area contributed by atoms with Gasteiger partial charge in [0.05, 0.1) is 0 Å². The van der Waals surface area contributed by atoms with Gasteiger partial charge in [-0.25, -0.2) is 0 Å². The molecule has 1 aromatic rings. The van der Waals surface area contributed by atoms with E-state index in [0.29, 0.717) is 31.1 Å². The Morgan fingerprint density at radius 2 is 0.787 bits per heavy atom. The Morgan fingerprint density at radius 1 is 0.492 bits per heavy atom. The van der Waals surface area contributed by atoms with Crippen molar-refractivity contribution in [3.8, 4) is 0 Å². The third-order valence-electron chi connectivity index (χ3n) is 11.8. The molecule has 61 heavy (non-hydrogen) atoms. The van der Waals surface area contributed by atoms with Crippen LogP contribution < -0.4 is 21.5 Å². The van der Waals surface area contributed by atoms with Crippen molar-refractivity contribution in [2.24, 2.45) is 5.92 Å². The summed E-state index contributed by atoms with van der Waals surface area (Å²) < 4.78 is 0. The molecule has 0 saturated heterocycles. The van der Waals surface area contributed by atoms with Gasteiger partial charge in [-0.15, -0.1) is 0 Å². The molecule has 0 unspecified atom stereocenters. The fraction of sp³-hybridized carbons (Fsp3) is 0.882. The summed E-state index contributed by atoms with van der Waals surface area (Å²) in [6, 6.07) is 0. The number of aliphatic hydroxyl groups is 2. The molecule has 0 aliphatic rings. The number of rotatable bonds is 43. The van der Waals surface area contributed by atoms with Crippen molar-refractivity contribution < 1.29 is 24.9 Å². The van der Waals surface area contributed by atoms with Crippen LogP contribution in [0.15, 0.2) is 9.59 Å². The largest absolute Gasteiger partial charge is 0.483 e. The van der Waals surface area contributed by atoms with E-state index in [1.165, 1.54) is 193 Å². The van der Waals surface area contributed by atoms with Crippen molar-refractivity contribution in [1.82, 2.24) is 4.90 Å². The van der Waals surface area contributed by atoms with E-state index in [-0.39, 0.29) is 6.47 Å². The van der Waals surface area contributed by atoms with Crippen LogP contribution in [0.4, 0.5) is 11.4 Å². The Labute approximate surface area is 375 Å². The first-order valence-corrected chi connectivity index (χ1v) is 25.5. The zero-order valence-corrected chi connectivity index (χ0v) is 40.6. The highest BCUT2D eigenvalue weighted by Gasteiger charge is 2.19. The molecule has 10 heteroatoms. The Bertz CT molecular complexity index is 1040. The molecule has 0 bridgehead atoms. The van der Waals surface area contributed by atoms with Crippen LogP contribution in [0.1, 0.15) is 239 Å². The monoisotopic (exact) mass is 868 g/mol. The van der Waals surface area contributed by atoms with E-state index in [9.17, 15) is 9.59 Å². The quantitative estimate of drug-likeness (QED) is 0.0243. The fourth-order valence-electron chi connectivity index (χ4n) is 8.03. The molecule has 10 nitrogen and oxygen atoms in total. The molecule has 0 radical (unpaired) electrons. The Morgan fingerprint density at radius 3 is 1.13 bits per heavy atom. The lowest BCUT2D eigenvalue weighted by atomic mass is 9.89. The van der Waals surface area contributed by atoms with Crippen LogP contribution in [0, 0.1) is 5.92 Å². The second-order valence-corrected chi connectivity index (χ2v) is 17.1. The minimum atomic E-state index is -0.411. The predicted molar refractivity (Wildman–Crippen MR) is 263 cm³/mol. The van der Waals surface area contributed by atoms with Gasteiger partial charge in [0, 0.05) is 26.8 Å². The van der Waals surface area contributed by atoms with Gasteiger partial charge in [0.15, 0.2) is 0 Å². The van der Waals surface area contributed by atoms with Gasteiger partial charge in [-0.3, -0.25) is 14.4 Å². The molecular weight excluding hydrogens is 767 g/mol. The lowest BCUT2D eigenvalue weighted by Gasteiger charge is -2.23. The third kappa shape index (κ3) is 42.8. The molecular formula is C51H101N3O7. The van der Waals surface area contributed by atoms with Crippen molar-refractivity contribution in [2.45, 2.75) is 239 Å². The number of anilines is 2. The zero-order chi connectivity index (χ0) is 45.9. The number of carbonyl (C=O) groups excluding carboxylic acids is 1. The minimum absolute atomic E-state index is 0.250. The van der Waals surface area contributed by atoms with Gasteiger partial charge in [-0.1, -0.05) is 207 Å². The second kappa shape index (κ2) is 53.8. The molecule has 0 aliphatic heterocycles. The molecule has 1 aromatic carbocycles. The van der Waals surface area contributed by atoms with Gasteiger partial charge >= 0.3 is 0 Å². The van der Waals surface area contributed by atoms with Crippen LogP contribution in [0.2, 0.25) is 0 Å². The first kappa shape index (κ1) is 63.0. The third-order valence-corrected chi connectivity index (χ3v) is 11.8. The Kier molecular flexibility index (Phi) is 55.6. The lowest BCUT2D eigenvalue weighted by molar-refractivity contribution is -0.122. The van der Waals surface area contributed by atoms with Crippen LogP contribution in [-0.4, -0.2) is 79.9 Å². The van der Waals surface area contributed by atoms with Crippen molar-refractivity contribution in [3.05, 3.63) is 20.4 Å². The van der Waals surface area contributed by atoms with Gasteiger partial charge in [0.25, 0.3) is 17.3 Å². The number of hydrogen-bond donors (Lipinski definition) is 5. The summed E-state index contributed by atoms with van der Waals surface area (Å²) in [5.74, 6) is 0.954. The van der Waals surface area contributed by atoms with Crippen LogP contribution in [-0.2, 0) is 9.59 Å². The van der Waals surface area contributed by atoms with E-state index in [1.807, 2.05) is 6.79 Å². The van der Waals surface area contributed by atoms with Gasteiger partial charge < -0.3 is 35.6 Å². The number of nitrogens with zero attached hydrogens (tertiary/aromatic N) is 1. The van der Waals surface area contributed by atoms with E-state index >= 15 is 0 Å². The van der Waals surface area contributed by atoms with Crippen LogP contribution in [0.25, 0.3) is 0 Å². The van der Waals surface area contributed by atoms with Gasteiger partial charge in [-0.2, -0.15) is 0 Å². The zero-order valence-electron chi connectivity index (χ0n) is 40.6. The number of carbonyl (C=O) groups is 2. The van der Waals surface area contributed by atoms with Crippen LogP contribution >= 0.6 is 0 Å². The molecule has 0 aliphatic carbocycles. The molecule has 5 N–H and O–H groups in total. The molecule has 0 atom stereocenters. The van der Waals surface area contributed by atoms with Gasteiger partial charge in [0.2, 0.25) is 0 Å². The van der Waals surface area contributed by atoms with E-state index < -0.39 is 10.9 Å². The summed E-state index contributed by atoms with van der Waals surface area (Å²) in [6.45, 7) is 13.2. The summed E-state index contributed by atoms with van der Waals surface area (Å²) in [5, 5.41) is 30.5.